The first-order valence-electron chi connectivity index (χ1n) is 16.9. The minimum atomic E-state index is -1.59. The molecule has 3 rings (SSSR count). The molecule has 2 aromatic carbocycles. The summed E-state index contributed by atoms with van der Waals surface area (Å²) in [4.78, 5) is 66.1. The van der Waals surface area contributed by atoms with Gasteiger partial charge in [0.25, 0.3) is 0 Å². The van der Waals surface area contributed by atoms with Gasteiger partial charge >= 0.3 is 5.97 Å². The highest BCUT2D eigenvalue weighted by Gasteiger charge is 2.47. The number of hydrogen-bond acceptors (Lipinski definition) is 10. The highest BCUT2D eigenvalue weighted by atomic mass is 32.2. The normalized spacial score (nSPS) is 16.3. The largest absolute Gasteiger partial charge is 0.508 e. The number of phenols is 1. The number of thioether (sulfide) groups is 2. The van der Waals surface area contributed by atoms with E-state index in [2.05, 4.69) is 35.1 Å². The quantitative estimate of drug-likeness (QED) is 0.102. The molecule has 0 spiro atoms. The molecule has 9 N–H and O–H groups in total. The van der Waals surface area contributed by atoms with Crippen molar-refractivity contribution in [2.75, 3.05) is 17.3 Å². The molecular formula is C36H51N5O8S2. The molecule has 13 nitrogen and oxygen atoms in total. The summed E-state index contributed by atoms with van der Waals surface area (Å²) in [5.74, 6) is -2.21. The van der Waals surface area contributed by atoms with E-state index in [0.29, 0.717) is 11.0 Å². The fourth-order valence-corrected chi connectivity index (χ4v) is 7.89. The minimum absolute atomic E-state index is 0.109. The van der Waals surface area contributed by atoms with Gasteiger partial charge in [-0.15, -0.1) is 0 Å². The Morgan fingerprint density at radius 3 is 2.00 bits per heavy atom. The number of aromatic hydroxyl groups is 1. The fourth-order valence-electron chi connectivity index (χ4n) is 5.92. The lowest BCUT2D eigenvalue weighted by Gasteiger charge is -2.32. The first-order chi connectivity index (χ1) is 23.9. The van der Waals surface area contributed by atoms with Crippen LogP contribution in [0.4, 0.5) is 0 Å². The monoisotopic (exact) mass is 745 g/mol. The lowest BCUT2D eigenvalue weighted by molar-refractivity contribution is -0.145. The number of carboxylic acids is 1. The Morgan fingerprint density at radius 1 is 0.882 bits per heavy atom. The number of hydrogen-bond donors (Lipinski definition) is 8. The Balaban J connectivity index is 1.84. The molecule has 51 heavy (non-hydrogen) atoms. The summed E-state index contributed by atoms with van der Waals surface area (Å²) in [5.41, 5.74) is 8.86. The Hall–Kier alpha value is -3.79. The summed E-state index contributed by atoms with van der Waals surface area (Å²) < 4.78 is 0. The molecule has 5 atom stereocenters. The van der Waals surface area contributed by atoms with Gasteiger partial charge in [-0.2, -0.15) is 23.5 Å². The predicted molar refractivity (Wildman–Crippen MR) is 200 cm³/mol. The van der Waals surface area contributed by atoms with E-state index in [-0.39, 0.29) is 30.8 Å². The van der Waals surface area contributed by atoms with E-state index in [1.807, 2.05) is 38.1 Å². The number of rotatable bonds is 18. The number of nitrogens with two attached hydrogens (primary N) is 1. The number of aliphatic hydroxyl groups excluding tert-OH is 1. The zero-order chi connectivity index (χ0) is 38.0. The molecule has 0 aromatic heterocycles. The van der Waals surface area contributed by atoms with Gasteiger partial charge in [0.2, 0.25) is 23.6 Å². The molecule has 4 amide bonds. The van der Waals surface area contributed by atoms with Crippen molar-refractivity contribution in [3.05, 3.63) is 64.2 Å². The smallest absolute Gasteiger partial charge is 0.328 e. The molecule has 1 aliphatic carbocycles. The number of aryl methyl sites for hydroxylation is 2. The van der Waals surface area contributed by atoms with E-state index in [9.17, 15) is 39.3 Å². The van der Waals surface area contributed by atoms with E-state index < -0.39 is 65.4 Å². The first kappa shape index (κ1) is 41.6. The first-order valence-corrected chi connectivity index (χ1v) is 19.1. The zero-order valence-corrected chi connectivity index (χ0v) is 31.6. The van der Waals surface area contributed by atoms with Gasteiger partial charge in [-0.3, -0.25) is 19.2 Å². The molecule has 0 saturated heterocycles. The van der Waals surface area contributed by atoms with Crippen molar-refractivity contribution in [3.63, 3.8) is 0 Å². The van der Waals surface area contributed by atoms with Gasteiger partial charge in [-0.1, -0.05) is 38.1 Å². The highest BCUT2D eigenvalue weighted by Crippen LogP contribution is 2.31. The molecule has 0 saturated carbocycles. The van der Waals surface area contributed by atoms with Crippen molar-refractivity contribution in [1.29, 1.82) is 0 Å². The summed E-state index contributed by atoms with van der Waals surface area (Å²) in [5, 5.41) is 40.1. The van der Waals surface area contributed by atoms with Crippen LogP contribution in [0.2, 0.25) is 0 Å². The van der Waals surface area contributed by atoms with Crippen LogP contribution in [0.1, 0.15) is 55.5 Å². The molecule has 0 bridgehead atoms. The van der Waals surface area contributed by atoms with Crippen LogP contribution < -0.4 is 27.0 Å². The number of phenolic OH excluding ortho intramolecular Hbond substituents is 1. The number of aliphatic carboxylic acids is 1. The van der Waals surface area contributed by atoms with Crippen LogP contribution in [-0.4, -0.2) is 103 Å². The Labute approximate surface area is 307 Å². The third-order valence-corrected chi connectivity index (χ3v) is 11.2. The topological polar surface area (TPSA) is 220 Å². The lowest BCUT2D eigenvalue weighted by Crippen LogP contribution is -2.65. The molecule has 0 radical (unpaired) electrons. The van der Waals surface area contributed by atoms with Crippen LogP contribution in [0.5, 0.6) is 5.75 Å². The highest BCUT2D eigenvalue weighted by molar-refractivity contribution is 8.03. The van der Waals surface area contributed by atoms with Crippen molar-refractivity contribution >= 4 is 53.1 Å². The summed E-state index contributed by atoms with van der Waals surface area (Å²) in [6, 6.07) is 5.66. The van der Waals surface area contributed by atoms with Crippen molar-refractivity contribution in [2.24, 2.45) is 5.73 Å². The second-order valence-corrected chi connectivity index (χ2v) is 16.2. The van der Waals surface area contributed by atoms with E-state index >= 15 is 0 Å². The molecule has 5 unspecified atom stereocenters. The fraction of sp³-hybridized carbons (Fsp3) is 0.528. The molecular weight excluding hydrogens is 695 g/mol. The van der Waals surface area contributed by atoms with Crippen molar-refractivity contribution in [1.82, 2.24) is 21.3 Å². The Morgan fingerprint density at radius 2 is 1.47 bits per heavy atom. The van der Waals surface area contributed by atoms with Gasteiger partial charge < -0.3 is 42.3 Å². The second-order valence-electron chi connectivity index (χ2n) is 13.4. The van der Waals surface area contributed by atoms with Crippen LogP contribution >= 0.6 is 23.5 Å². The summed E-state index contributed by atoms with van der Waals surface area (Å²) >= 11 is 3.26. The van der Waals surface area contributed by atoms with Crippen molar-refractivity contribution in [3.8, 4) is 5.75 Å². The van der Waals surface area contributed by atoms with Crippen molar-refractivity contribution in [2.45, 2.75) is 102 Å². The predicted octanol–water partition coefficient (Wildman–Crippen LogP) is 1.35. The molecule has 2 aromatic rings. The maximum atomic E-state index is 14.1. The molecule has 0 fully saturated rings. The second kappa shape index (κ2) is 18.6. The number of benzene rings is 2. The van der Waals surface area contributed by atoms with Crippen LogP contribution in [0, 0.1) is 13.8 Å². The average molecular weight is 746 g/mol. The Bertz CT molecular complexity index is 1540. The summed E-state index contributed by atoms with van der Waals surface area (Å²) in [7, 11) is 0. The summed E-state index contributed by atoms with van der Waals surface area (Å²) in [6.07, 6.45) is -0.993. The number of aliphatic hydroxyl groups is 1. The Kier molecular flexibility index (Phi) is 15.2. The van der Waals surface area contributed by atoms with Crippen LogP contribution in [0.15, 0.2) is 36.4 Å². The summed E-state index contributed by atoms with van der Waals surface area (Å²) in [6.45, 7) is 10.4. The molecule has 0 aliphatic heterocycles. The number of carbonyl (C=O) groups is 5. The SMILES string of the molecule is Cc1cc(O)cc(C)c1CC(N)C(=O)NC(CSCCSC(C)C)C(=O)NC1(C(=O)NC(C)C(=O)NC(C(=O)O)C(C)O)Cc2ccccc2C1. The standard InChI is InChI=1S/C36H51N5O8S2/c1-19(2)51-12-11-50-18-29(39-32(45)28(37)15-27-20(3)13-26(43)14-21(27)4)33(46)41-36(16-24-9-7-8-10-25(24)17-36)35(49)38-22(5)31(44)40-30(23(6)42)34(47)48/h7-10,13-14,19,22-23,28-30,42-43H,11-12,15-18,37H2,1-6H3,(H,38,49)(H,39,45)(H,40,44)(H,41,46)(H,47,48). The molecule has 15 heteroatoms. The lowest BCUT2D eigenvalue weighted by atomic mass is 9.93. The number of fused-ring (bicyclic) bond motifs is 1. The zero-order valence-electron chi connectivity index (χ0n) is 29.9. The number of carbonyl (C=O) groups excluding carboxylic acids is 4. The molecule has 0 heterocycles. The number of amides is 4. The van der Waals surface area contributed by atoms with Gasteiger partial charge in [0.05, 0.1) is 12.1 Å². The van der Waals surface area contributed by atoms with Crippen LogP contribution in [0.25, 0.3) is 0 Å². The molecule has 280 valence electrons. The van der Waals surface area contributed by atoms with E-state index in [1.54, 1.807) is 23.9 Å². The van der Waals surface area contributed by atoms with Gasteiger partial charge in [-0.25, -0.2) is 4.79 Å². The maximum Gasteiger partial charge on any atom is 0.328 e. The number of nitrogens with one attached hydrogen (secondary N) is 4. The third-order valence-electron chi connectivity index (χ3n) is 8.73. The van der Waals surface area contributed by atoms with Gasteiger partial charge in [-0.05, 0) is 79.3 Å². The van der Waals surface area contributed by atoms with Gasteiger partial charge in [0.1, 0.15) is 23.4 Å². The van der Waals surface area contributed by atoms with Gasteiger partial charge in [0.15, 0.2) is 6.04 Å². The maximum absolute atomic E-state index is 14.1. The minimum Gasteiger partial charge on any atom is -0.508 e. The van der Waals surface area contributed by atoms with Gasteiger partial charge in [0, 0.05) is 30.1 Å². The third kappa shape index (κ3) is 11.6. The van der Waals surface area contributed by atoms with E-state index in [0.717, 1.165) is 33.6 Å². The van der Waals surface area contributed by atoms with Crippen LogP contribution in [-0.2, 0) is 43.2 Å². The number of carboxylic acid groups (broad SMARTS) is 1. The molecule has 1 aliphatic rings. The van der Waals surface area contributed by atoms with E-state index in [1.165, 1.54) is 25.6 Å². The average Bonchev–Trinajstić information content (AvgIpc) is 3.43. The van der Waals surface area contributed by atoms with Crippen molar-refractivity contribution < 1.29 is 39.3 Å². The van der Waals surface area contributed by atoms with E-state index in [4.69, 9.17) is 5.73 Å². The van der Waals surface area contributed by atoms with Crippen LogP contribution in [0.3, 0.4) is 0 Å².